The number of aromatic nitrogens is 2. The molecule has 0 bridgehead atoms. The van der Waals surface area contributed by atoms with Crippen molar-refractivity contribution in [2.24, 2.45) is 5.73 Å². The molecule has 0 fully saturated rings. The Morgan fingerprint density at radius 2 is 2.25 bits per heavy atom. The molecule has 0 saturated carbocycles. The molecular formula is C11H12ClN3O. The molecule has 2 N–H and O–H groups in total. The van der Waals surface area contributed by atoms with Gasteiger partial charge in [0.25, 0.3) is 0 Å². The van der Waals surface area contributed by atoms with Crippen molar-refractivity contribution in [3.8, 4) is 0 Å². The van der Waals surface area contributed by atoms with Crippen LogP contribution in [-0.4, -0.2) is 15.3 Å². The molecule has 2 aromatic heterocycles. The van der Waals surface area contributed by atoms with Crippen LogP contribution in [0.15, 0.2) is 24.7 Å². The van der Waals surface area contributed by atoms with Crippen molar-refractivity contribution in [1.29, 1.82) is 0 Å². The number of rotatable bonds is 2. The Hall–Kier alpha value is -1.55. The van der Waals surface area contributed by atoms with Gasteiger partial charge in [0, 0.05) is 11.2 Å². The third-order valence-corrected chi connectivity index (χ3v) is 2.94. The molecule has 0 aliphatic heterocycles. The maximum absolute atomic E-state index is 11.4. The van der Waals surface area contributed by atoms with E-state index < -0.39 is 11.3 Å². The summed E-state index contributed by atoms with van der Waals surface area (Å²) < 4.78 is 1.81. The summed E-state index contributed by atoms with van der Waals surface area (Å²) in [6.07, 6.45) is 3.44. The molecule has 16 heavy (non-hydrogen) atoms. The molecule has 2 heterocycles. The van der Waals surface area contributed by atoms with Crippen molar-refractivity contribution in [2.75, 3.05) is 0 Å². The lowest BCUT2D eigenvalue weighted by Crippen LogP contribution is -2.36. The molecule has 2 aromatic rings. The van der Waals surface area contributed by atoms with Gasteiger partial charge in [-0.15, -0.1) is 0 Å². The molecule has 5 heteroatoms. The van der Waals surface area contributed by atoms with E-state index in [0.29, 0.717) is 10.7 Å². The minimum atomic E-state index is -0.806. The van der Waals surface area contributed by atoms with Gasteiger partial charge < -0.3 is 10.1 Å². The van der Waals surface area contributed by atoms with E-state index in [2.05, 4.69) is 4.98 Å². The van der Waals surface area contributed by atoms with E-state index in [1.807, 2.05) is 4.40 Å². The van der Waals surface area contributed by atoms with Gasteiger partial charge >= 0.3 is 0 Å². The first-order valence-corrected chi connectivity index (χ1v) is 5.23. The van der Waals surface area contributed by atoms with Crippen LogP contribution in [0.25, 0.3) is 5.52 Å². The zero-order valence-electron chi connectivity index (χ0n) is 9.07. The smallest absolute Gasteiger partial charge is 0.229 e. The maximum Gasteiger partial charge on any atom is 0.229 e. The summed E-state index contributed by atoms with van der Waals surface area (Å²) in [7, 11) is 0. The number of primary amides is 1. The Labute approximate surface area is 98.0 Å². The average molecular weight is 238 g/mol. The van der Waals surface area contributed by atoms with Crippen molar-refractivity contribution in [3.63, 3.8) is 0 Å². The van der Waals surface area contributed by atoms with Gasteiger partial charge in [-0.3, -0.25) is 4.79 Å². The first-order chi connectivity index (χ1) is 7.43. The normalized spacial score (nSPS) is 11.9. The number of amides is 1. The highest BCUT2D eigenvalue weighted by molar-refractivity contribution is 6.30. The Morgan fingerprint density at radius 3 is 2.88 bits per heavy atom. The molecule has 4 nitrogen and oxygen atoms in total. The molecule has 0 unspecified atom stereocenters. The van der Waals surface area contributed by atoms with E-state index in [9.17, 15) is 4.79 Å². The Kier molecular flexibility index (Phi) is 2.39. The predicted octanol–water partition coefficient (Wildman–Crippen LogP) is 1.75. The third-order valence-electron chi connectivity index (χ3n) is 2.71. The number of carbonyl (C=O) groups excluding carboxylic acids is 1. The summed E-state index contributed by atoms with van der Waals surface area (Å²) in [5, 5.41) is 0.606. The highest BCUT2D eigenvalue weighted by Gasteiger charge is 2.31. The van der Waals surface area contributed by atoms with Gasteiger partial charge in [-0.25, -0.2) is 4.98 Å². The Morgan fingerprint density at radius 1 is 1.56 bits per heavy atom. The molecule has 0 aromatic carbocycles. The quantitative estimate of drug-likeness (QED) is 0.865. The van der Waals surface area contributed by atoms with Crippen LogP contribution in [0.3, 0.4) is 0 Å². The highest BCUT2D eigenvalue weighted by Crippen LogP contribution is 2.26. The van der Waals surface area contributed by atoms with Crippen LogP contribution in [0, 0.1) is 0 Å². The van der Waals surface area contributed by atoms with E-state index in [0.717, 1.165) is 5.52 Å². The monoisotopic (exact) mass is 237 g/mol. The van der Waals surface area contributed by atoms with Gasteiger partial charge in [-0.05, 0) is 26.0 Å². The van der Waals surface area contributed by atoms with Gasteiger partial charge in [0.1, 0.15) is 0 Å². The molecule has 0 aliphatic rings. The number of hydrogen-bond acceptors (Lipinski definition) is 2. The minimum absolute atomic E-state index is 0.409. The molecular weight excluding hydrogens is 226 g/mol. The number of pyridine rings is 1. The van der Waals surface area contributed by atoms with Crippen LogP contribution >= 0.6 is 11.6 Å². The van der Waals surface area contributed by atoms with E-state index >= 15 is 0 Å². The second kappa shape index (κ2) is 3.49. The van der Waals surface area contributed by atoms with Crippen LogP contribution in [-0.2, 0) is 10.2 Å². The summed E-state index contributed by atoms with van der Waals surface area (Å²) in [5.41, 5.74) is 6.01. The number of halogens is 1. The van der Waals surface area contributed by atoms with E-state index in [1.165, 1.54) is 0 Å². The Bertz CT molecular complexity index is 559. The number of nitrogens with two attached hydrogens (primary N) is 1. The zero-order chi connectivity index (χ0) is 11.9. The number of imidazole rings is 1. The largest absolute Gasteiger partial charge is 0.369 e. The van der Waals surface area contributed by atoms with Crippen molar-refractivity contribution >= 4 is 23.0 Å². The van der Waals surface area contributed by atoms with E-state index in [1.54, 1.807) is 38.5 Å². The van der Waals surface area contributed by atoms with Crippen molar-refractivity contribution < 1.29 is 4.79 Å². The van der Waals surface area contributed by atoms with Crippen molar-refractivity contribution in [1.82, 2.24) is 9.38 Å². The molecule has 84 valence electrons. The van der Waals surface area contributed by atoms with Gasteiger partial charge in [-0.1, -0.05) is 11.6 Å². The number of nitrogens with zero attached hydrogens (tertiary/aromatic N) is 2. The van der Waals surface area contributed by atoms with Crippen LogP contribution in [0.4, 0.5) is 0 Å². The second-order valence-corrected chi connectivity index (χ2v) is 4.66. The highest BCUT2D eigenvalue weighted by atomic mass is 35.5. The molecule has 0 atom stereocenters. The average Bonchev–Trinajstić information content (AvgIpc) is 2.60. The molecule has 0 radical (unpaired) electrons. The topological polar surface area (TPSA) is 60.4 Å². The van der Waals surface area contributed by atoms with E-state index in [-0.39, 0.29) is 0 Å². The fourth-order valence-electron chi connectivity index (χ4n) is 1.56. The minimum Gasteiger partial charge on any atom is -0.369 e. The van der Waals surface area contributed by atoms with Gasteiger partial charge in [0.2, 0.25) is 5.91 Å². The number of hydrogen-bond donors (Lipinski definition) is 1. The summed E-state index contributed by atoms with van der Waals surface area (Å²) in [6.45, 7) is 3.50. The van der Waals surface area contributed by atoms with Crippen LogP contribution in [0.1, 0.15) is 19.5 Å². The standard InChI is InChI=1S/C11H12ClN3O/c1-11(2,10(13)16)9-8-5-7(12)3-4-15(8)6-14-9/h3-6H,1-2H3,(H2,13,16). The maximum atomic E-state index is 11.4. The fraction of sp³-hybridized carbons (Fsp3) is 0.273. The molecule has 2 rings (SSSR count). The Balaban J connectivity index is 2.70. The van der Waals surface area contributed by atoms with Crippen molar-refractivity contribution in [3.05, 3.63) is 35.4 Å². The molecule has 0 aliphatic carbocycles. The first-order valence-electron chi connectivity index (χ1n) is 4.85. The molecule has 1 amide bonds. The summed E-state index contributed by atoms with van der Waals surface area (Å²) in [6, 6.07) is 3.53. The second-order valence-electron chi connectivity index (χ2n) is 4.22. The van der Waals surface area contributed by atoms with Gasteiger partial charge in [0.15, 0.2) is 0 Å². The molecule has 0 spiro atoms. The molecule has 0 saturated heterocycles. The number of fused-ring (bicyclic) bond motifs is 1. The summed E-state index contributed by atoms with van der Waals surface area (Å²) >= 11 is 5.92. The van der Waals surface area contributed by atoms with E-state index in [4.69, 9.17) is 17.3 Å². The van der Waals surface area contributed by atoms with Crippen LogP contribution < -0.4 is 5.73 Å². The zero-order valence-corrected chi connectivity index (χ0v) is 9.82. The van der Waals surface area contributed by atoms with Gasteiger partial charge in [-0.2, -0.15) is 0 Å². The fourth-order valence-corrected chi connectivity index (χ4v) is 1.72. The third kappa shape index (κ3) is 1.55. The predicted molar refractivity (Wildman–Crippen MR) is 62.4 cm³/mol. The number of carbonyl (C=O) groups is 1. The van der Waals surface area contributed by atoms with Gasteiger partial charge in [0.05, 0.1) is 23.0 Å². The lowest BCUT2D eigenvalue weighted by Gasteiger charge is -2.18. The SMILES string of the molecule is CC(C)(C(N)=O)c1ncn2ccc(Cl)cc12. The lowest BCUT2D eigenvalue weighted by atomic mass is 9.88. The van der Waals surface area contributed by atoms with Crippen LogP contribution in [0.5, 0.6) is 0 Å². The lowest BCUT2D eigenvalue weighted by molar-refractivity contribution is -0.122. The van der Waals surface area contributed by atoms with Crippen LogP contribution in [0.2, 0.25) is 5.02 Å². The summed E-state index contributed by atoms with van der Waals surface area (Å²) in [4.78, 5) is 15.6. The first kappa shape index (κ1) is 11.0. The van der Waals surface area contributed by atoms with Crippen molar-refractivity contribution in [2.45, 2.75) is 19.3 Å². The summed E-state index contributed by atoms with van der Waals surface area (Å²) in [5.74, 6) is -0.409.